The SMILES string of the molecule is CCOc1ccc(NC(=O)CCN2C(=O)[C@H]3CCCC[C@@H]3C2=O)cc1S(=O)(=O)N1CCCCC1. The minimum atomic E-state index is -3.77. The van der Waals surface area contributed by atoms with Crippen LogP contribution in [0.3, 0.4) is 0 Å². The molecule has 0 radical (unpaired) electrons. The first-order valence-corrected chi connectivity index (χ1v) is 13.7. The number of carbonyl (C=O) groups is 3. The van der Waals surface area contributed by atoms with Crippen molar-refractivity contribution in [3.05, 3.63) is 18.2 Å². The Morgan fingerprint density at radius 2 is 1.68 bits per heavy atom. The highest BCUT2D eigenvalue weighted by Crippen LogP contribution is 2.38. The number of nitrogens with zero attached hydrogens (tertiary/aromatic N) is 2. The molecule has 0 spiro atoms. The molecule has 186 valence electrons. The lowest BCUT2D eigenvalue weighted by Crippen LogP contribution is -2.36. The van der Waals surface area contributed by atoms with Crippen molar-refractivity contribution in [2.24, 2.45) is 11.8 Å². The summed E-state index contributed by atoms with van der Waals surface area (Å²) in [6, 6.07) is 4.57. The van der Waals surface area contributed by atoms with Crippen LogP contribution in [0.5, 0.6) is 5.75 Å². The first kappa shape index (κ1) is 24.7. The van der Waals surface area contributed by atoms with Gasteiger partial charge in [-0.2, -0.15) is 4.31 Å². The lowest BCUT2D eigenvalue weighted by atomic mass is 9.81. The molecule has 2 heterocycles. The lowest BCUT2D eigenvalue weighted by molar-refractivity contribution is -0.140. The molecule has 1 saturated carbocycles. The Kier molecular flexibility index (Phi) is 7.57. The van der Waals surface area contributed by atoms with Crippen molar-refractivity contribution >= 4 is 33.4 Å². The third-order valence-electron chi connectivity index (χ3n) is 6.96. The molecule has 1 aliphatic carbocycles. The van der Waals surface area contributed by atoms with Gasteiger partial charge in [-0.3, -0.25) is 19.3 Å². The van der Waals surface area contributed by atoms with Crippen LogP contribution in [0.15, 0.2) is 23.1 Å². The van der Waals surface area contributed by atoms with Crippen LogP contribution in [0.4, 0.5) is 5.69 Å². The fraction of sp³-hybridized carbons (Fsp3) is 0.625. The van der Waals surface area contributed by atoms with Crippen LogP contribution in [0.1, 0.15) is 58.3 Å². The molecule has 0 bridgehead atoms. The molecule has 0 aromatic heterocycles. The Hall–Kier alpha value is -2.46. The van der Waals surface area contributed by atoms with E-state index in [9.17, 15) is 22.8 Å². The molecular weight excluding hydrogens is 458 g/mol. The maximum Gasteiger partial charge on any atom is 0.246 e. The number of ether oxygens (including phenoxy) is 1. The quantitative estimate of drug-likeness (QED) is 0.560. The Balaban J connectivity index is 1.44. The Bertz CT molecular complexity index is 1030. The number of nitrogens with one attached hydrogen (secondary N) is 1. The van der Waals surface area contributed by atoms with E-state index in [0.717, 1.165) is 44.9 Å². The zero-order valence-electron chi connectivity index (χ0n) is 19.6. The number of amides is 3. The number of piperidine rings is 1. The predicted molar refractivity (Wildman–Crippen MR) is 126 cm³/mol. The maximum absolute atomic E-state index is 13.3. The van der Waals surface area contributed by atoms with Gasteiger partial charge in [0, 0.05) is 31.7 Å². The molecule has 10 heteroatoms. The second-order valence-electron chi connectivity index (χ2n) is 9.18. The van der Waals surface area contributed by atoms with Crippen LogP contribution in [0, 0.1) is 11.8 Å². The van der Waals surface area contributed by atoms with Crippen molar-refractivity contribution < 1.29 is 27.5 Å². The maximum atomic E-state index is 13.3. The minimum absolute atomic E-state index is 0.0306. The number of benzene rings is 1. The van der Waals surface area contributed by atoms with Crippen LogP contribution >= 0.6 is 0 Å². The average Bonchev–Trinajstić information content (AvgIpc) is 3.09. The normalized spacial score (nSPS) is 23.6. The Labute approximate surface area is 200 Å². The largest absolute Gasteiger partial charge is 0.492 e. The third kappa shape index (κ3) is 4.98. The predicted octanol–water partition coefficient (Wildman–Crippen LogP) is 2.76. The summed E-state index contributed by atoms with van der Waals surface area (Å²) in [5.74, 6) is -0.948. The number of anilines is 1. The Morgan fingerprint density at radius 1 is 1.03 bits per heavy atom. The number of hydrogen-bond acceptors (Lipinski definition) is 6. The average molecular weight is 492 g/mol. The van der Waals surface area contributed by atoms with E-state index in [1.165, 1.54) is 15.3 Å². The summed E-state index contributed by atoms with van der Waals surface area (Å²) in [5, 5.41) is 2.72. The number of carbonyl (C=O) groups excluding carboxylic acids is 3. The van der Waals surface area contributed by atoms with Gasteiger partial charge < -0.3 is 10.1 Å². The van der Waals surface area contributed by atoms with Crippen molar-refractivity contribution in [3.63, 3.8) is 0 Å². The molecule has 9 nitrogen and oxygen atoms in total. The van der Waals surface area contributed by atoms with E-state index >= 15 is 0 Å². The van der Waals surface area contributed by atoms with Gasteiger partial charge >= 0.3 is 0 Å². The second-order valence-corrected chi connectivity index (χ2v) is 11.1. The molecule has 1 aromatic carbocycles. The van der Waals surface area contributed by atoms with E-state index in [1.807, 2.05) is 0 Å². The first-order chi connectivity index (χ1) is 16.3. The van der Waals surface area contributed by atoms with E-state index in [4.69, 9.17) is 4.74 Å². The molecule has 3 amide bonds. The standard InChI is InChI=1S/C24H33N3O6S/c1-2-33-20-11-10-17(16-21(20)34(31,32)26-13-6-3-7-14-26)25-22(28)12-15-27-23(29)18-8-4-5-9-19(18)24(27)30/h10-11,16,18-19H,2-9,12-15H2,1H3,(H,25,28)/t18-,19-/m0/s1. The van der Waals surface area contributed by atoms with Crippen LogP contribution in [-0.4, -0.2) is 61.6 Å². The lowest BCUT2D eigenvalue weighted by Gasteiger charge is -2.27. The molecule has 1 N–H and O–H groups in total. The van der Waals surface area contributed by atoms with Crippen LogP contribution in [0.25, 0.3) is 0 Å². The van der Waals surface area contributed by atoms with Gasteiger partial charge in [0.1, 0.15) is 10.6 Å². The fourth-order valence-electron chi connectivity index (χ4n) is 5.19. The van der Waals surface area contributed by atoms with Gasteiger partial charge in [0.2, 0.25) is 27.7 Å². The molecule has 2 atom stereocenters. The van der Waals surface area contributed by atoms with E-state index in [0.29, 0.717) is 25.4 Å². The van der Waals surface area contributed by atoms with Gasteiger partial charge in [0.25, 0.3) is 0 Å². The molecule has 2 saturated heterocycles. The third-order valence-corrected chi connectivity index (χ3v) is 8.87. The van der Waals surface area contributed by atoms with Gasteiger partial charge in [-0.05, 0) is 50.8 Å². The van der Waals surface area contributed by atoms with Crippen LogP contribution < -0.4 is 10.1 Å². The zero-order valence-corrected chi connectivity index (χ0v) is 20.4. The number of likely N-dealkylation sites (tertiary alicyclic amines) is 1. The van der Waals surface area contributed by atoms with Crippen molar-refractivity contribution in [2.75, 3.05) is 31.6 Å². The summed E-state index contributed by atoms with van der Waals surface area (Å²) in [5.41, 5.74) is 0.330. The monoisotopic (exact) mass is 491 g/mol. The van der Waals surface area contributed by atoms with E-state index < -0.39 is 10.0 Å². The summed E-state index contributed by atoms with van der Waals surface area (Å²) >= 11 is 0. The molecule has 1 aromatic rings. The fourth-order valence-corrected chi connectivity index (χ4v) is 6.87. The molecule has 0 unspecified atom stereocenters. The number of sulfonamides is 1. The summed E-state index contributed by atoms with van der Waals surface area (Å²) in [6.07, 6.45) is 5.97. The summed E-state index contributed by atoms with van der Waals surface area (Å²) in [6.45, 7) is 3.05. The summed E-state index contributed by atoms with van der Waals surface area (Å²) < 4.78 is 33.6. The van der Waals surface area contributed by atoms with Crippen molar-refractivity contribution in [3.8, 4) is 5.75 Å². The topological polar surface area (TPSA) is 113 Å². The Morgan fingerprint density at radius 3 is 2.29 bits per heavy atom. The molecule has 34 heavy (non-hydrogen) atoms. The van der Waals surface area contributed by atoms with Gasteiger partial charge in [-0.25, -0.2) is 8.42 Å². The van der Waals surface area contributed by atoms with E-state index in [-0.39, 0.29) is 53.2 Å². The van der Waals surface area contributed by atoms with Gasteiger partial charge in [0.05, 0.1) is 18.4 Å². The highest BCUT2D eigenvalue weighted by Gasteiger charge is 2.47. The number of imide groups is 1. The molecule has 2 aliphatic heterocycles. The summed E-state index contributed by atoms with van der Waals surface area (Å²) in [7, 11) is -3.77. The number of fused-ring (bicyclic) bond motifs is 1. The van der Waals surface area contributed by atoms with E-state index in [2.05, 4.69) is 5.32 Å². The highest BCUT2D eigenvalue weighted by molar-refractivity contribution is 7.89. The van der Waals surface area contributed by atoms with E-state index in [1.54, 1.807) is 19.1 Å². The number of rotatable bonds is 8. The van der Waals surface area contributed by atoms with Crippen molar-refractivity contribution in [2.45, 2.75) is 63.2 Å². The highest BCUT2D eigenvalue weighted by atomic mass is 32.2. The zero-order chi connectivity index (χ0) is 24.3. The second kappa shape index (κ2) is 10.4. The molecule has 4 rings (SSSR count). The van der Waals surface area contributed by atoms with Gasteiger partial charge in [-0.15, -0.1) is 0 Å². The smallest absolute Gasteiger partial charge is 0.246 e. The van der Waals surface area contributed by atoms with Crippen LogP contribution in [-0.2, 0) is 24.4 Å². The molecule has 3 fully saturated rings. The minimum Gasteiger partial charge on any atom is -0.492 e. The summed E-state index contributed by atoms with van der Waals surface area (Å²) in [4.78, 5) is 39.1. The number of hydrogen-bond donors (Lipinski definition) is 1. The van der Waals surface area contributed by atoms with Gasteiger partial charge in [-0.1, -0.05) is 19.3 Å². The molecule has 3 aliphatic rings. The van der Waals surface area contributed by atoms with Gasteiger partial charge in [0.15, 0.2) is 0 Å². The van der Waals surface area contributed by atoms with Crippen molar-refractivity contribution in [1.29, 1.82) is 0 Å². The molecular formula is C24H33N3O6S. The van der Waals surface area contributed by atoms with Crippen LogP contribution in [0.2, 0.25) is 0 Å². The van der Waals surface area contributed by atoms with Crippen molar-refractivity contribution in [1.82, 2.24) is 9.21 Å². The first-order valence-electron chi connectivity index (χ1n) is 12.2.